The van der Waals surface area contributed by atoms with E-state index in [1.807, 2.05) is 30.3 Å². The van der Waals surface area contributed by atoms with Gasteiger partial charge in [0.2, 0.25) is 5.91 Å². The number of carbonyl (C=O) groups is 1. The molecule has 0 aromatic heterocycles. The number of ether oxygens (including phenoxy) is 1. The molecule has 1 aromatic rings. The Labute approximate surface area is 120 Å². The summed E-state index contributed by atoms with van der Waals surface area (Å²) in [5, 5.41) is 9.85. The summed E-state index contributed by atoms with van der Waals surface area (Å²) in [4.78, 5) is 13.3. The molecule has 0 aliphatic rings. The van der Waals surface area contributed by atoms with E-state index in [9.17, 15) is 9.90 Å². The van der Waals surface area contributed by atoms with Crippen LogP contribution >= 0.6 is 0 Å². The number of nitrogens with two attached hydrogens (primary N) is 1. The predicted octanol–water partition coefficient (Wildman–Crippen LogP) is 0.760. The summed E-state index contributed by atoms with van der Waals surface area (Å²) in [6.45, 7) is 4.11. The topological polar surface area (TPSA) is 75.8 Å². The Morgan fingerprint density at radius 3 is 2.55 bits per heavy atom. The third kappa shape index (κ3) is 5.69. The minimum Gasteiger partial charge on any atom is -0.389 e. The smallest absolute Gasteiger partial charge is 0.241 e. The first-order valence-electron chi connectivity index (χ1n) is 6.65. The van der Waals surface area contributed by atoms with Gasteiger partial charge in [-0.2, -0.15) is 0 Å². The number of benzene rings is 1. The lowest BCUT2D eigenvalue weighted by atomic mass is 10.1. The molecule has 1 unspecified atom stereocenters. The van der Waals surface area contributed by atoms with Gasteiger partial charge >= 0.3 is 0 Å². The monoisotopic (exact) mass is 280 g/mol. The molecule has 0 radical (unpaired) electrons. The number of hydrogen-bond donors (Lipinski definition) is 2. The second-order valence-corrected chi connectivity index (χ2v) is 5.56. The highest BCUT2D eigenvalue weighted by Gasteiger charge is 2.26. The lowest BCUT2D eigenvalue weighted by Gasteiger charge is -2.27. The van der Waals surface area contributed by atoms with Crippen LogP contribution in [0.5, 0.6) is 0 Å². The van der Waals surface area contributed by atoms with Crippen molar-refractivity contribution in [1.29, 1.82) is 0 Å². The molecule has 0 saturated heterocycles. The van der Waals surface area contributed by atoms with Crippen LogP contribution in [0.15, 0.2) is 30.3 Å². The van der Waals surface area contributed by atoms with E-state index in [4.69, 9.17) is 10.5 Å². The fourth-order valence-corrected chi connectivity index (χ4v) is 1.83. The Kier molecular flexibility index (Phi) is 6.13. The molecule has 0 saturated carbocycles. The highest BCUT2D eigenvalue weighted by molar-refractivity contribution is 5.84. The molecule has 0 heterocycles. The van der Waals surface area contributed by atoms with Crippen molar-refractivity contribution in [2.24, 2.45) is 5.73 Å². The van der Waals surface area contributed by atoms with Crippen molar-refractivity contribution in [3.05, 3.63) is 35.9 Å². The summed E-state index contributed by atoms with van der Waals surface area (Å²) in [5.41, 5.74) is 5.84. The number of carbonyl (C=O) groups excluding carboxylic acids is 1. The fraction of sp³-hybridized carbons (Fsp3) is 0.533. The zero-order valence-electron chi connectivity index (χ0n) is 12.4. The van der Waals surface area contributed by atoms with Crippen LogP contribution < -0.4 is 5.73 Å². The summed E-state index contributed by atoms with van der Waals surface area (Å²) < 4.78 is 5.43. The Bertz CT molecular complexity index is 415. The lowest BCUT2D eigenvalue weighted by molar-refractivity contribution is -0.136. The number of amides is 1. The third-order valence-electron chi connectivity index (χ3n) is 2.80. The van der Waals surface area contributed by atoms with Gasteiger partial charge in [0.25, 0.3) is 0 Å². The van der Waals surface area contributed by atoms with Crippen LogP contribution in [0.1, 0.15) is 19.4 Å². The minimum absolute atomic E-state index is 0.178. The molecule has 0 aliphatic heterocycles. The number of rotatable bonds is 7. The number of likely N-dealkylation sites (N-methyl/N-ethyl adjacent to an activating group) is 1. The maximum Gasteiger partial charge on any atom is 0.241 e. The summed E-state index contributed by atoms with van der Waals surface area (Å²) in [7, 11) is 1.62. The summed E-state index contributed by atoms with van der Waals surface area (Å²) in [6.07, 6.45) is -0.727. The van der Waals surface area contributed by atoms with E-state index in [1.54, 1.807) is 20.9 Å². The van der Waals surface area contributed by atoms with Crippen molar-refractivity contribution in [3.63, 3.8) is 0 Å². The van der Waals surface area contributed by atoms with Crippen molar-refractivity contribution < 1.29 is 14.6 Å². The predicted molar refractivity (Wildman–Crippen MR) is 78.0 cm³/mol. The summed E-state index contributed by atoms with van der Waals surface area (Å²) in [6, 6.07) is 9.72. The van der Waals surface area contributed by atoms with Gasteiger partial charge in [0.1, 0.15) is 0 Å². The molecule has 0 bridgehead atoms. The zero-order valence-corrected chi connectivity index (χ0v) is 12.4. The molecule has 0 fully saturated rings. The molecule has 3 N–H and O–H groups in total. The molecule has 1 amide bonds. The molecule has 0 spiro atoms. The molecular formula is C15H24N2O3. The largest absolute Gasteiger partial charge is 0.389 e. The first kappa shape index (κ1) is 16.6. The van der Waals surface area contributed by atoms with E-state index in [0.29, 0.717) is 6.61 Å². The number of aliphatic hydroxyl groups excluding tert-OH is 1. The Morgan fingerprint density at radius 1 is 1.40 bits per heavy atom. The van der Waals surface area contributed by atoms with Crippen molar-refractivity contribution >= 4 is 5.91 Å². The maximum atomic E-state index is 11.8. The Morgan fingerprint density at radius 2 is 2.00 bits per heavy atom. The van der Waals surface area contributed by atoms with E-state index in [1.165, 1.54) is 4.90 Å². The van der Waals surface area contributed by atoms with Crippen LogP contribution in [0, 0.1) is 0 Å². The minimum atomic E-state index is -0.931. The zero-order chi connectivity index (χ0) is 15.2. The van der Waals surface area contributed by atoms with Crippen LogP contribution in [-0.4, -0.2) is 47.8 Å². The Hall–Kier alpha value is -1.43. The second-order valence-electron chi connectivity index (χ2n) is 5.56. The second kappa shape index (κ2) is 7.38. The van der Waals surface area contributed by atoms with Gasteiger partial charge in [-0.15, -0.1) is 0 Å². The van der Waals surface area contributed by atoms with Gasteiger partial charge < -0.3 is 20.5 Å². The number of nitrogens with zero attached hydrogens (tertiary/aromatic N) is 1. The van der Waals surface area contributed by atoms with Crippen LogP contribution in [0.25, 0.3) is 0 Å². The standard InChI is InChI=1S/C15H24N2O3/c1-15(2,16)14(19)17(3)9-13(18)11-20-10-12-7-5-4-6-8-12/h4-8,13,18H,9-11,16H2,1-3H3. The summed E-state index contributed by atoms with van der Waals surface area (Å²) >= 11 is 0. The normalized spacial score (nSPS) is 13.1. The van der Waals surface area contributed by atoms with Gasteiger partial charge in [0, 0.05) is 13.6 Å². The third-order valence-corrected chi connectivity index (χ3v) is 2.80. The van der Waals surface area contributed by atoms with Crippen LogP contribution in [0.4, 0.5) is 0 Å². The molecular weight excluding hydrogens is 256 g/mol. The van der Waals surface area contributed by atoms with Crippen LogP contribution in [0.2, 0.25) is 0 Å². The van der Waals surface area contributed by atoms with Crippen LogP contribution in [0.3, 0.4) is 0 Å². The molecule has 20 heavy (non-hydrogen) atoms. The quantitative estimate of drug-likeness (QED) is 0.773. The van der Waals surface area contributed by atoms with E-state index >= 15 is 0 Å². The van der Waals surface area contributed by atoms with Gasteiger partial charge in [-0.3, -0.25) is 4.79 Å². The lowest BCUT2D eigenvalue weighted by Crippen LogP contribution is -2.51. The van der Waals surface area contributed by atoms with E-state index in [2.05, 4.69) is 0 Å². The molecule has 1 aromatic carbocycles. The SMILES string of the molecule is CN(CC(O)COCc1ccccc1)C(=O)C(C)(C)N. The van der Waals surface area contributed by atoms with E-state index < -0.39 is 11.6 Å². The first-order valence-corrected chi connectivity index (χ1v) is 6.65. The average Bonchev–Trinajstić information content (AvgIpc) is 2.38. The highest BCUT2D eigenvalue weighted by Crippen LogP contribution is 2.05. The van der Waals surface area contributed by atoms with Crippen molar-refractivity contribution in [2.75, 3.05) is 20.2 Å². The fourth-order valence-electron chi connectivity index (χ4n) is 1.83. The van der Waals surface area contributed by atoms with Crippen molar-refractivity contribution in [2.45, 2.75) is 32.1 Å². The molecule has 1 atom stereocenters. The van der Waals surface area contributed by atoms with Crippen molar-refractivity contribution in [1.82, 2.24) is 4.90 Å². The van der Waals surface area contributed by atoms with Gasteiger partial charge in [0.05, 0.1) is 24.9 Å². The maximum absolute atomic E-state index is 11.8. The summed E-state index contributed by atoms with van der Waals surface area (Å²) in [5.74, 6) is -0.209. The molecule has 0 aliphatic carbocycles. The van der Waals surface area contributed by atoms with Crippen molar-refractivity contribution in [3.8, 4) is 0 Å². The van der Waals surface area contributed by atoms with Gasteiger partial charge in [-0.1, -0.05) is 30.3 Å². The average molecular weight is 280 g/mol. The van der Waals surface area contributed by atoms with Gasteiger partial charge in [0.15, 0.2) is 0 Å². The van der Waals surface area contributed by atoms with E-state index in [0.717, 1.165) is 5.56 Å². The Balaban J connectivity index is 2.30. The number of hydrogen-bond acceptors (Lipinski definition) is 4. The van der Waals surface area contributed by atoms with E-state index in [-0.39, 0.29) is 19.1 Å². The van der Waals surface area contributed by atoms with Crippen LogP contribution in [-0.2, 0) is 16.1 Å². The molecule has 112 valence electrons. The van der Waals surface area contributed by atoms with Gasteiger partial charge in [-0.05, 0) is 19.4 Å². The molecule has 1 rings (SSSR count). The van der Waals surface area contributed by atoms with Gasteiger partial charge in [-0.25, -0.2) is 0 Å². The molecule has 5 nitrogen and oxygen atoms in total. The first-order chi connectivity index (χ1) is 9.30. The number of aliphatic hydroxyl groups is 1. The highest BCUT2D eigenvalue weighted by atomic mass is 16.5. The molecule has 5 heteroatoms.